The van der Waals surface area contributed by atoms with E-state index < -0.39 is 9.84 Å². The quantitative estimate of drug-likeness (QED) is 0.826. The van der Waals surface area contributed by atoms with Gasteiger partial charge in [-0.15, -0.1) is 0 Å². The van der Waals surface area contributed by atoms with Gasteiger partial charge in [0.05, 0.1) is 36.8 Å². The van der Waals surface area contributed by atoms with Crippen molar-refractivity contribution in [2.45, 2.75) is 45.1 Å². The van der Waals surface area contributed by atoms with Crippen LogP contribution in [0.2, 0.25) is 0 Å². The number of nitrogens with one attached hydrogen (secondary N) is 1. The second-order valence-corrected chi connectivity index (χ2v) is 10.5. The van der Waals surface area contributed by atoms with Gasteiger partial charge in [-0.25, -0.2) is 13.1 Å². The summed E-state index contributed by atoms with van der Waals surface area (Å²) < 4.78 is 30.6. The van der Waals surface area contributed by atoms with Gasteiger partial charge in [0.2, 0.25) is 5.91 Å². The second-order valence-electron chi connectivity index (χ2n) is 8.24. The second kappa shape index (κ2) is 7.58. The van der Waals surface area contributed by atoms with E-state index in [0.717, 1.165) is 17.0 Å². The van der Waals surface area contributed by atoms with Crippen molar-refractivity contribution in [3.05, 3.63) is 41.6 Å². The third kappa shape index (κ3) is 4.73. The summed E-state index contributed by atoms with van der Waals surface area (Å²) in [7, 11) is -1.46. The minimum absolute atomic E-state index is 0.0552. The number of anilines is 1. The number of hydrogen-bond acceptors (Lipinski definition) is 5. The molecule has 1 aliphatic rings. The fourth-order valence-electron chi connectivity index (χ4n) is 3.22. The summed E-state index contributed by atoms with van der Waals surface area (Å²) in [5, 5.41) is 7.55. The van der Waals surface area contributed by atoms with Gasteiger partial charge >= 0.3 is 0 Å². The van der Waals surface area contributed by atoms with Crippen LogP contribution in [0.5, 0.6) is 5.75 Å². The molecule has 2 heterocycles. The van der Waals surface area contributed by atoms with E-state index in [1.807, 2.05) is 51.1 Å². The molecule has 1 aromatic heterocycles. The summed E-state index contributed by atoms with van der Waals surface area (Å²) in [5.74, 6) is 1.32. The van der Waals surface area contributed by atoms with Gasteiger partial charge in [-0.3, -0.25) is 4.79 Å². The number of amides is 1. The van der Waals surface area contributed by atoms with E-state index >= 15 is 0 Å². The summed E-state index contributed by atoms with van der Waals surface area (Å²) in [6.07, 6.45) is 0.720. The minimum atomic E-state index is -3.06. The number of nitrogens with zero attached hydrogens (tertiary/aromatic N) is 2. The molecule has 0 saturated carbocycles. The standard InChI is InChI=1S/C20H27N3O4S/c1-20(2,3)17-12-18(23(22-17)15-9-10-28(25,26)13-15)21-19(24)11-14-5-7-16(27-4)8-6-14/h5-8,12,15H,9-11,13H2,1-4H3,(H,21,24)/t15-/m1/s1. The normalized spacial score (nSPS) is 18.8. The Kier molecular flexibility index (Phi) is 5.52. The number of carbonyl (C=O) groups excluding carboxylic acids is 1. The highest BCUT2D eigenvalue weighted by Crippen LogP contribution is 2.31. The van der Waals surface area contributed by atoms with Gasteiger partial charge in [0, 0.05) is 11.5 Å². The van der Waals surface area contributed by atoms with Crippen LogP contribution in [0.1, 0.15) is 44.5 Å². The van der Waals surface area contributed by atoms with Gasteiger partial charge in [0.25, 0.3) is 0 Å². The fraction of sp³-hybridized carbons (Fsp3) is 0.500. The SMILES string of the molecule is COc1ccc(CC(=O)Nc2cc(C(C)(C)C)nn2[C@@H]2CCS(=O)(=O)C2)cc1. The average molecular weight is 406 g/mol. The lowest BCUT2D eigenvalue weighted by Gasteiger charge is -2.15. The number of benzene rings is 1. The van der Waals surface area contributed by atoms with Gasteiger partial charge in [0.1, 0.15) is 11.6 Å². The molecular weight excluding hydrogens is 378 g/mol. The maximum Gasteiger partial charge on any atom is 0.229 e. The molecule has 1 N–H and O–H groups in total. The highest BCUT2D eigenvalue weighted by Gasteiger charge is 2.32. The summed E-state index contributed by atoms with van der Waals surface area (Å²) in [4.78, 5) is 12.6. The molecule has 1 amide bonds. The van der Waals surface area contributed by atoms with E-state index in [2.05, 4.69) is 10.4 Å². The van der Waals surface area contributed by atoms with Gasteiger partial charge in [-0.05, 0) is 24.1 Å². The van der Waals surface area contributed by atoms with Crippen LogP contribution in [0.15, 0.2) is 30.3 Å². The lowest BCUT2D eigenvalue weighted by molar-refractivity contribution is -0.115. The zero-order valence-corrected chi connectivity index (χ0v) is 17.5. The fourth-order valence-corrected chi connectivity index (χ4v) is 4.91. The van der Waals surface area contributed by atoms with Crippen molar-refractivity contribution < 1.29 is 17.9 Å². The number of rotatable bonds is 5. The Morgan fingerprint density at radius 2 is 1.96 bits per heavy atom. The maximum absolute atomic E-state index is 12.6. The molecule has 0 aliphatic carbocycles. The molecular formula is C20H27N3O4S. The molecule has 1 aliphatic heterocycles. The first-order valence-electron chi connectivity index (χ1n) is 9.30. The highest BCUT2D eigenvalue weighted by atomic mass is 32.2. The predicted molar refractivity (Wildman–Crippen MR) is 109 cm³/mol. The Labute approximate surface area is 166 Å². The zero-order chi connectivity index (χ0) is 20.5. The molecule has 1 fully saturated rings. The lowest BCUT2D eigenvalue weighted by Crippen LogP contribution is -2.21. The van der Waals surface area contributed by atoms with E-state index in [-0.39, 0.29) is 35.3 Å². The van der Waals surface area contributed by atoms with Crippen LogP contribution in [0.25, 0.3) is 0 Å². The lowest BCUT2D eigenvalue weighted by atomic mass is 9.92. The number of hydrogen-bond donors (Lipinski definition) is 1. The Balaban J connectivity index is 1.81. The van der Waals surface area contributed by atoms with Crippen molar-refractivity contribution in [1.82, 2.24) is 9.78 Å². The molecule has 0 bridgehead atoms. The largest absolute Gasteiger partial charge is 0.497 e. The number of sulfone groups is 1. The zero-order valence-electron chi connectivity index (χ0n) is 16.7. The number of aromatic nitrogens is 2. The molecule has 8 heteroatoms. The molecule has 3 rings (SSSR count). The minimum Gasteiger partial charge on any atom is -0.497 e. The van der Waals surface area contributed by atoms with Crippen molar-refractivity contribution >= 4 is 21.6 Å². The van der Waals surface area contributed by atoms with Gasteiger partial charge in [0.15, 0.2) is 9.84 Å². The van der Waals surface area contributed by atoms with E-state index in [4.69, 9.17) is 4.74 Å². The van der Waals surface area contributed by atoms with E-state index in [1.165, 1.54) is 0 Å². The molecule has 1 atom stereocenters. The van der Waals surface area contributed by atoms with Crippen LogP contribution in [0, 0.1) is 0 Å². The molecule has 152 valence electrons. The van der Waals surface area contributed by atoms with Crippen molar-refractivity contribution in [3.8, 4) is 5.75 Å². The van der Waals surface area contributed by atoms with Crippen LogP contribution >= 0.6 is 0 Å². The van der Waals surface area contributed by atoms with Crippen LogP contribution in [-0.2, 0) is 26.5 Å². The summed E-state index contributed by atoms with van der Waals surface area (Å²) in [5.41, 5.74) is 1.47. The first-order chi connectivity index (χ1) is 13.1. The third-order valence-corrected chi connectivity index (χ3v) is 6.60. The van der Waals surface area contributed by atoms with Crippen molar-refractivity contribution in [1.29, 1.82) is 0 Å². The molecule has 0 radical (unpaired) electrons. The predicted octanol–water partition coefficient (Wildman–Crippen LogP) is 2.73. The Morgan fingerprint density at radius 1 is 1.29 bits per heavy atom. The van der Waals surface area contributed by atoms with Gasteiger partial charge < -0.3 is 10.1 Å². The molecule has 2 aromatic rings. The Morgan fingerprint density at radius 3 is 2.50 bits per heavy atom. The van der Waals surface area contributed by atoms with Gasteiger partial charge in [-0.2, -0.15) is 5.10 Å². The molecule has 7 nitrogen and oxygen atoms in total. The summed E-state index contributed by atoms with van der Waals surface area (Å²) in [6, 6.07) is 8.91. The number of carbonyl (C=O) groups is 1. The van der Waals surface area contributed by atoms with Crippen molar-refractivity contribution in [2.24, 2.45) is 0 Å². The molecule has 1 saturated heterocycles. The number of ether oxygens (including phenoxy) is 1. The van der Waals surface area contributed by atoms with E-state index in [9.17, 15) is 13.2 Å². The summed E-state index contributed by atoms with van der Waals surface area (Å²) >= 11 is 0. The van der Waals surface area contributed by atoms with Crippen molar-refractivity contribution in [3.63, 3.8) is 0 Å². The topological polar surface area (TPSA) is 90.3 Å². The molecule has 1 aromatic carbocycles. The molecule has 0 unspecified atom stereocenters. The summed E-state index contributed by atoms with van der Waals surface area (Å²) in [6.45, 7) is 6.11. The Hall–Kier alpha value is -2.35. The molecule has 0 spiro atoms. The van der Waals surface area contributed by atoms with Crippen LogP contribution in [0.4, 0.5) is 5.82 Å². The van der Waals surface area contributed by atoms with Gasteiger partial charge in [-0.1, -0.05) is 32.9 Å². The van der Waals surface area contributed by atoms with Crippen LogP contribution < -0.4 is 10.1 Å². The molecule has 28 heavy (non-hydrogen) atoms. The van der Waals surface area contributed by atoms with Crippen molar-refractivity contribution in [2.75, 3.05) is 23.9 Å². The number of methoxy groups -OCH3 is 1. The van der Waals surface area contributed by atoms with Crippen LogP contribution in [0.3, 0.4) is 0 Å². The van der Waals surface area contributed by atoms with E-state index in [0.29, 0.717) is 12.2 Å². The average Bonchev–Trinajstić information content (AvgIpc) is 3.18. The smallest absolute Gasteiger partial charge is 0.229 e. The van der Waals surface area contributed by atoms with Crippen LogP contribution in [-0.4, -0.2) is 42.7 Å². The maximum atomic E-state index is 12.6. The van der Waals surface area contributed by atoms with E-state index in [1.54, 1.807) is 11.8 Å². The highest BCUT2D eigenvalue weighted by molar-refractivity contribution is 7.91. The third-order valence-electron chi connectivity index (χ3n) is 4.85. The Bertz CT molecular complexity index is 956. The first kappa shape index (κ1) is 20.4. The first-order valence-corrected chi connectivity index (χ1v) is 11.1. The monoisotopic (exact) mass is 405 g/mol.